The second kappa shape index (κ2) is 12.3. The average molecular weight is 376 g/mol. The van der Waals surface area contributed by atoms with Gasteiger partial charge in [-0.25, -0.2) is 4.99 Å². The fourth-order valence-electron chi connectivity index (χ4n) is 3.00. The van der Waals surface area contributed by atoms with Crippen LogP contribution in [0.3, 0.4) is 0 Å². The van der Waals surface area contributed by atoms with E-state index >= 15 is 0 Å². The van der Waals surface area contributed by atoms with Crippen molar-refractivity contribution in [2.24, 2.45) is 4.99 Å². The molecule has 0 bridgehead atoms. The van der Waals surface area contributed by atoms with Gasteiger partial charge < -0.3 is 16.0 Å². The van der Waals surface area contributed by atoms with E-state index in [9.17, 15) is 4.79 Å². The molecule has 0 aliphatic rings. The summed E-state index contributed by atoms with van der Waals surface area (Å²) in [5, 5.41) is 9.33. The molecular formula is C21H37N5O. The van der Waals surface area contributed by atoms with Crippen molar-refractivity contribution >= 4 is 11.9 Å². The molecule has 0 heterocycles. The third-order valence-electron chi connectivity index (χ3n) is 4.42. The zero-order chi connectivity index (χ0) is 20.2. The molecule has 0 radical (unpaired) electrons. The standard InChI is InChI=1S/C21H37N5O/c1-7-23-21(24-13-8-14-26(16(2)3)17(4)5)25-15-18-9-11-19(12-10-18)20(27)22-6/h9-12,16-17H,7-8,13-15H2,1-6H3,(H,22,27)(H2,23,24,25). The molecule has 0 atom stereocenters. The van der Waals surface area contributed by atoms with E-state index in [4.69, 9.17) is 0 Å². The highest BCUT2D eigenvalue weighted by atomic mass is 16.1. The number of rotatable bonds is 10. The van der Waals surface area contributed by atoms with E-state index in [-0.39, 0.29) is 5.91 Å². The van der Waals surface area contributed by atoms with Gasteiger partial charge in [-0.3, -0.25) is 9.69 Å². The van der Waals surface area contributed by atoms with Gasteiger partial charge in [0.15, 0.2) is 5.96 Å². The molecular weight excluding hydrogens is 338 g/mol. The minimum Gasteiger partial charge on any atom is -0.357 e. The second-order valence-corrected chi connectivity index (χ2v) is 7.18. The number of hydrogen-bond donors (Lipinski definition) is 3. The topological polar surface area (TPSA) is 68.8 Å². The summed E-state index contributed by atoms with van der Waals surface area (Å²) < 4.78 is 0. The Kier molecular flexibility index (Phi) is 10.5. The summed E-state index contributed by atoms with van der Waals surface area (Å²) in [6, 6.07) is 8.67. The lowest BCUT2D eigenvalue weighted by Crippen LogP contribution is -2.41. The highest BCUT2D eigenvalue weighted by Crippen LogP contribution is 2.06. The van der Waals surface area contributed by atoms with Crippen molar-refractivity contribution in [1.29, 1.82) is 0 Å². The summed E-state index contributed by atoms with van der Waals surface area (Å²) >= 11 is 0. The summed E-state index contributed by atoms with van der Waals surface area (Å²) in [7, 11) is 1.64. The minimum absolute atomic E-state index is 0.0723. The predicted molar refractivity (Wildman–Crippen MR) is 114 cm³/mol. The van der Waals surface area contributed by atoms with E-state index < -0.39 is 0 Å². The maximum Gasteiger partial charge on any atom is 0.251 e. The molecule has 27 heavy (non-hydrogen) atoms. The molecule has 1 amide bonds. The van der Waals surface area contributed by atoms with Gasteiger partial charge in [-0.15, -0.1) is 0 Å². The number of benzene rings is 1. The highest BCUT2D eigenvalue weighted by Gasteiger charge is 2.12. The average Bonchev–Trinajstić information content (AvgIpc) is 2.64. The van der Waals surface area contributed by atoms with Crippen LogP contribution in [0.4, 0.5) is 0 Å². The van der Waals surface area contributed by atoms with Crippen LogP contribution in [0, 0.1) is 0 Å². The minimum atomic E-state index is -0.0723. The number of amides is 1. The van der Waals surface area contributed by atoms with E-state index in [2.05, 4.69) is 60.5 Å². The monoisotopic (exact) mass is 375 g/mol. The Balaban J connectivity index is 2.53. The quantitative estimate of drug-likeness (QED) is 0.334. The molecule has 6 nitrogen and oxygen atoms in total. The molecule has 1 aromatic carbocycles. The molecule has 1 aromatic rings. The van der Waals surface area contributed by atoms with Gasteiger partial charge in [-0.1, -0.05) is 12.1 Å². The molecule has 6 heteroatoms. The summed E-state index contributed by atoms with van der Waals surface area (Å²) in [4.78, 5) is 18.7. The second-order valence-electron chi connectivity index (χ2n) is 7.18. The molecule has 152 valence electrons. The first-order valence-electron chi connectivity index (χ1n) is 9.98. The van der Waals surface area contributed by atoms with Gasteiger partial charge in [0.25, 0.3) is 5.91 Å². The van der Waals surface area contributed by atoms with Crippen LogP contribution in [0.15, 0.2) is 29.3 Å². The van der Waals surface area contributed by atoms with Crippen molar-refractivity contribution in [2.75, 3.05) is 26.7 Å². The number of carbonyl (C=O) groups is 1. The number of hydrogen-bond acceptors (Lipinski definition) is 3. The van der Waals surface area contributed by atoms with Crippen molar-refractivity contribution in [3.05, 3.63) is 35.4 Å². The van der Waals surface area contributed by atoms with E-state index in [1.165, 1.54) is 0 Å². The zero-order valence-corrected chi connectivity index (χ0v) is 17.8. The van der Waals surface area contributed by atoms with E-state index in [0.717, 1.165) is 37.6 Å². The Bertz CT molecular complexity index is 573. The number of carbonyl (C=O) groups excluding carboxylic acids is 1. The van der Waals surface area contributed by atoms with Gasteiger partial charge in [0.2, 0.25) is 0 Å². The molecule has 3 N–H and O–H groups in total. The van der Waals surface area contributed by atoms with E-state index in [1.54, 1.807) is 7.05 Å². The Hall–Kier alpha value is -2.08. The number of nitrogens with one attached hydrogen (secondary N) is 3. The normalized spacial score (nSPS) is 12.0. The molecule has 0 saturated carbocycles. The largest absolute Gasteiger partial charge is 0.357 e. The lowest BCUT2D eigenvalue weighted by atomic mass is 10.1. The SMILES string of the molecule is CCNC(=NCc1ccc(C(=O)NC)cc1)NCCCN(C(C)C)C(C)C. The van der Waals surface area contributed by atoms with Gasteiger partial charge in [0.05, 0.1) is 6.54 Å². The molecule has 0 unspecified atom stereocenters. The molecule has 0 fully saturated rings. The van der Waals surface area contributed by atoms with Gasteiger partial charge in [-0.2, -0.15) is 0 Å². The maximum absolute atomic E-state index is 11.6. The smallest absolute Gasteiger partial charge is 0.251 e. The third-order valence-corrected chi connectivity index (χ3v) is 4.42. The number of nitrogens with zero attached hydrogens (tertiary/aromatic N) is 2. The lowest BCUT2D eigenvalue weighted by molar-refractivity contribution is 0.0963. The van der Waals surface area contributed by atoms with Gasteiger partial charge in [-0.05, 0) is 58.7 Å². The van der Waals surface area contributed by atoms with Crippen LogP contribution in [0.1, 0.15) is 57.0 Å². The van der Waals surface area contributed by atoms with Gasteiger partial charge in [0.1, 0.15) is 0 Å². The Morgan fingerprint density at radius 1 is 1.07 bits per heavy atom. The van der Waals surface area contributed by atoms with Gasteiger partial charge in [0, 0.05) is 44.3 Å². The van der Waals surface area contributed by atoms with Gasteiger partial charge >= 0.3 is 0 Å². The van der Waals surface area contributed by atoms with Crippen LogP contribution in [-0.4, -0.2) is 55.5 Å². The predicted octanol–water partition coefficient (Wildman–Crippen LogP) is 2.61. The summed E-state index contributed by atoms with van der Waals surface area (Å²) in [6.07, 6.45) is 1.07. The highest BCUT2D eigenvalue weighted by molar-refractivity contribution is 5.93. The summed E-state index contributed by atoms with van der Waals surface area (Å²) in [5.41, 5.74) is 1.74. The first-order valence-corrected chi connectivity index (χ1v) is 9.98. The van der Waals surface area contributed by atoms with Crippen molar-refractivity contribution in [3.8, 4) is 0 Å². The van der Waals surface area contributed by atoms with Crippen LogP contribution in [0.5, 0.6) is 0 Å². The van der Waals surface area contributed by atoms with E-state index in [0.29, 0.717) is 24.2 Å². The van der Waals surface area contributed by atoms with E-state index in [1.807, 2.05) is 24.3 Å². The molecule has 0 aromatic heterocycles. The zero-order valence-electron chi connectivity index (χ0n) is 17.8. The van der Waals surface area contributed by atoms with Crippen LogP contribution < -0.4 is 16.0 Å². The molecule has 1 rings (SSSR count). The first-order chi connectivity index (χ1) is 12.9. The Morgan fingerprint density at radius 3 is 2.22 bits per heavy atom. The summed E-state index contributed by atoms with van der Waals surface area (Å²) in [5.74, 6) is 0.755. The lowest BCUT2D eigenvalue weighted by Gasteiger charge is -2.30. The fourth-order valence-corrected chi connectivity index (χ4v) is 3.00. The first kappa shape index (κ1) is 23.0. The molecule has 0 saturated heterocycles. The van der Waals surface area contributed by atoms with Crippen molar-refractivity contribution < 1.29 is 4.79 Å². The number of guanidine groups is 1. The van der Waals surface area contributed by atoms with Crippen LogP contribution in [0.25, 0.3) is 0 Å². The molecule has 0 spiro atoms. The van der Waals surface area contributed by atoms with Crippen molar-refractivity contribution in [1.82, 2.24) is 20.9 Å². The van der Waals surface area contributed by atoms with Crippen molar-refractivity contribution in [3.63, 3.8) is 0 Å². The molecule has 0 aliphatic heterocycles. The van der Waals surface area contributed by atoms with Crippen LogP contribution >= 0.6 is 0 Å². The fraction of sp³-hybridized carbons (Fsp3) is 0.619. The Morgan fingerprint density at radius 2 is 1.70 bits per heavy atom. The van der Waals surface area contributed by atoms with Crippen LogP contribution in [0.2, 0.25) is 0 Å². The Labute approximate surface area is 164 Å². The third kappa shape index (κ3) is 8.43. The maximum atomic E-state index is 11.6. The number of aliphatic imine (C=N–C) groups is 1. The van der Waals surface area contributed by atoms with Crippen LogP contribution in [-0.2, 0) is 6.54 Å². The summed E-state index contributed by atoms with van der Waals surface area (Å²) in [6.45, 7) is 14.4. The molecule has 0 aliphatic carbocycles. The van der Waals surface area contributed by atoms with Crippen molar-refractivity contribution in [2.45, 2.75) is 59.7 Å².